The predicted octanol–water partition coefficient (Wildman–Crippen LogP) is 4.96. The second-order valence-electron chi connectivity index (χ2n) is 8.18. The minimum Gasteiger partial charge on any atom is -0.497 e. The number of carbonyl (C=O) groups is 2. The lowest BCUT2D eigenvalue weighted by Gasteiger charge is -2.31. The molecule has 3 aromatic carbocycles. The van der Waals surface area contributed by atoms with Gasteiger partial charge in [-0.15, -0.1) is 0 Å². The van der Waals surface area contributed by atoms with E-state index in [4.69, 9.17) is 4.74 Å². The van der Waals surface area contributed by atoms with Crippen LogP contribution in [0.25, 0.3) is 0 Å². The third-order valence-electron chi connectivity index (χ3n) is 5.62. The molecule has 0 saturated carbocycles. The zero-order valence-corrected chi connectivity index (χ0v) is 19.9. The van der Waals surface area contributed by atoms with E-state index in [-0.39, 0.29) is 12.2 Å². The van der Waals surface area contributed by atoms with Crippen LogP contribution in [-0.2, 0) is 11.3 Å². The van der Waals surface area contributed by atoms with Crippen LogP contribution in [0.1, 0.15) is 33.2 Å². The second-order valence-corrected chi connectivity index (χ2v) is 8.18. The summed E-state index contributed by atoms with van der Waals surface area (Å²) < 4.78 is 18.7. The van der Waals surface area contributed by atoms with E-state index in [0.29, 0.717) is 17.0 Å². The van der Waals surface area contributed by atoms with Gasteiger partial charge in [0.2, 0.25) is 0 Å². The van der Waals surface area contributed by atoms with Crippen LogP contribution in [0, 0.1) is 12.7 Å². The van der Waals surface area contributed by atoms with Crippen LogP contribution in [0.5, 0.6) is 5.75 Å². The molecule has 4 rings (SSSR count). The first-order valence-electron chi connectivity index (χ1n) is 11.3. The van der Waals surface area contributed by atoms with Gasteiger partial charge in [-0.3, -0.25) is 14.6 Å². The van der Waals surface area contributed by atoms with Crippen molar-refractivity contribution in [2.45, 2.75) is 19.5 Å². The van der Waals surface area contributed by atoms with Gasteiger partial charge in [0.15, 0.2) is 0 Å². The van der Waals surface area contributed by atoms with E-state index >= 15 is 0 Å². The van der Waals surface area contributed by atoms with E-state index < -0.39 is 23.7 Å². The van der Waals surface area contributed by atoms with E-state index in [1.54, 1.807) is 31.4 Å². The van der Waals surface area contributed by atoms with Gasteiger partial charge < -0.3 is 15.0 Å². The fraction of sp³-hybridized carbons (Fsp3) is 0.143. The van der Waals surface area contributed by atoms with Gasteiger partial charge in [0.1, 0.15) is 23.3 Å². The highest BCUT2D eigenvalue weighted by molar-refractivity contribution is 6.00. The fourth-order valence-corrected chi connectivity index (χ4v) is 3.73. The monoisotopic (exact) mass is 484 g/mol. The third-order valence-corrected chi connectivity index (χ3v) is 5.62. The molecule has 0 aliphatic carbocycles. The SMILES string of the molecule is COc1ccc([C@H](C(=O)Nc2ccc(F)cc2)N(Cc2ccc(C)cc2)C(=O)c2cnccn2)cc1. The highest BCUT2D eigenvalue weighted by Crippen LogP contribution is 2.28. The zero-order valence-electron chi connectivity index (χ0n) is 19.9. The van der Waals surface area contributed by atoms with Crippen molar-refractivity contribution in [3.8, 4) is 5.75 Å². The molecule has 4 aromatic rings. The first-order chi connectivity index (χ1) is 17.4. The molecule has 0 radical (unpaired) electrons. The van der Waals surface area contributed by atoms with Crippen molar-refractivity contribution in [2.75, 3.05) is 12.4 Å². The normalized spacial score (nSPS) is 11.4. The van der Waals surface area contributed by atoms with Gasteiger partial charge in [0.25, 0.3) is 11.8 Å². The van der Waals surface area contributed by atoms with Crippen molar-refractivity contribution in [1.29, 1.82) is 0 Å². The molecule has 8 heteroatoms. The molecule has 1 aromatic heterocycles. The lowest BCUT2D eigenvalue weighted by Crippen LogP contribution is -2.41. The average Bonchev–Trinajstić information content (AvgIpc) is 2.91. The number of aryl methyl sites for hydroxylation is 1. The van der Waals surface area contributed by atoms with Gasteiger partial charge in [-0.25, -0.2) is 9.37 Å². The Kier molecular flexibility index (Phi) is 7.65. The highest BCUT2D eigenvalue weighted by Gasteiger charge is 2.33. The number of benzene rings is 3. The molecule has 0 saturated heterocycles. The summed E-state index contributed by atoms with van der Waals surface area (Å²) in [6.45, 7) is 2.12. The van der Waals surface area contributed by atoms with Gasteiger partial charge in [-0.05, 0) is 54.4 Å². The topological polar surface area (TPSA) is 84.4 Å². The highest BCUT2D eigenvalue weighted by atomic mass is 19.1. The molecule has 0 aliphatic heterocycles. The molecule has 7 nitrogen and oxygen atoms in total. The first-order valence-corrected chi connectivity index (χ1v) is 11.3. The summed E-state index contributed by atoms with van der Waals surface area (Å²) in [4.78, 5) is 37.1. The van der Waals surface area contributed by atoms with E-state index in [1.165, 1.54) is 47.8 Å². The number of aromatic nitrogens is 2. The zero-order chi connectivity index (χ0) is 25.5. The van der Waals surface area contributed by atoms with E-state index in [2.05, 4.69) is 15.3 Å². The molecular formula is C28H25FN4O3. The van der Waals surface area contributed by atoms with Gasteiger partial charge in [0, 0.05) is 24.6 Å². The largest absolute Gasteiger partial charge is 0.497 e. The number of ether oxygens (including phenoxy) is 1. The van der Waals surface area contributed by atoms with Crippen molar-refractivity contribution < 1.29 is 18.7 Å². The maximum Gasteiger partial charge on any atom is 0.275 e. The van der Waals surface area contributed by atoms with E-state index in [0.717, 1.165) is 11.1 Å². The third kappa shape index (κ3) is 5.90. The molecule has 0 unspecified atom stereocenters. The minimum absolute atomic E-state index is 0.109. The molecule has 1 atom stereocenters. The van der Waals surface area contributed by atoms with Crippen LogP contribution in [0.4, 0.5) is 10.1 Å². The number of amides is 2. The minimum atomic E-state index is -1.03. The number of methoxy groups -OCH3 is 1. The number of rotatable bonds is 8. The van der Waals surface area contributed by atoms with Crippen molar-refractivity contribution in [2.24, 2.45) is 0 Å². The Morgan fingerprint density at radius 2 is 1.67 bits per heavy atom. The lowest BCUT2D eigenvalue weighted by atomic mass is 10.0. The molecule has 0 aliphatic rings. The molecule has 1 heterocycles. The number of nitrogens with one attached hydrogen (secondary N) is 1. The number of hydrogen-bond acceptors (Lipinski definition) is 5. The van der Waals surface area contributed by atoms with Crippen molar-refractivity contribution in [3.63, 3.8) is 0 Å². The summed E-state index contributed by atoms with van der Waals surface area (Å²) in [5.41, 5.74) is 3.00. The van der Waals surface area contributed by atoms with Crippen LogP contribution in [0.3, 0.4) is 0 Å². The Balaban J connectivity index is 1.78. The van der Waals surface area contributed by atoms with E-state index in [1.807, 2.05) is 31.2 Å². The molecule has 0 bridgehead atoms. The molecule has 36 heavy (non-hydrogen) atoms. The molecular weight excluding hydrogens is 459 g/mol. The number of anilines is 1. The number of carbonyl (C=O) groups excluding carboxylic acids is 2. The summed E-state index contributed by atoms with van der Waals surface area (Å²) in [6.07, 6.45) is 4.27. The Bertz CT molecular complexity index is 1310. The van der Waals surface area contributed by atoms with Gasteiger partial charge in [-0.1, -0.05) is 42.0 Å². The summed E-state index contributed by atoms with van der Waals surface area (Å²) in [7, 11) is 1.55. The second kappa shape index (κ2) is 11.2. The standard InChI is InChI=1S/C28H25FN4O3/c1-19-3-5-20(6-4-19)18-33(28(35)25-17-30-15-16-31-25)26(21-7-13-24(36-2)14-8-21)27(34)32-23-11-9-22(29)10-12-23/h3-17,26H,18H2,1-2H3,(H,32,34)/t26-/m1/s1. The molecule has 182 valence electrons. The Morgan fingerprint density at radius 3 is 2.28 bits per heavy atom. The van der Waals surface area contributed by atoms with Gasteiger partial charge in [-0.2, -0.15) is 0 Å². The van der Waals surface area contributed by atoms with Crippen LogP contribution < -0.4 is 10.1 Å². The summed E-state index contributed by atoms with van der Waals surface area (Å²) in [6, 6.07) is 19.1. The predicted molar refractivity (Wildman–Crippen MR) is 134 cm³/mol. The Labute approximate surface area is 208 Å². The first kappa shape index (κ1) is 24.5. The quantitative estimate of drug-likeness (QED) is 0.382. The van der Waals surface area contributed by atoms with Crippen molar-refractivity contribution in [1.82, 2.24) is 14.9 Å². The Hall–Kier alpha value is -4.59. The number of halogens is 1. The van der Waals surface area contributed by atoms with Crippen molar-refractivity contribution in [3.05, 3.63) is 120 Å². The summed E-state index contributed by atoms with van der Waals surface area (Å²) in [5, 5.41) is 2.81. The maximum atomic E-state index is 13.7. The number of hydrogen-bond donors (Lipinski definition) is 1. The van der Waals surface area contributed by atoms with Gasteiger partial charge in [0.05, 0.1) is 13.3 Å². The van der Waals surface area contributed by atoms with Crippen LogP contribution >= 0.6 is 0 Å². The molecule has 2 amide bonds. The van der Waals surface area contributed by atoms with Crippen LogP contribution in [-0.4, -0.2) is 33.8 Å². The summed E-state index contributed by atoms with van der Waals surface area (Å²) >= 11 is 0. The fourth-order valence-electron chi connectivity index (χ4n) is 3.73. The van der Waals surface area contributed by atoms with E-state index in [9.17, 15) is 14.0 Å². The molecule has 0 fully saturated rings. The smallest absolute Gasteiger partial charge is 0.275 e. The Morgan fingerprint density at radius 1 is 0.972 bits per heavy atom. The van der Waals surface area contributed by atoms with Crippen molar-refractivity contribution >= 4 is 17.5 Å². The van der Waals surface area contributed by atoms with Gasteiger partial charge >= 0.3 is 0 Å². The lowest BCUT2D eigenvalue weighted by molar-refractivity contribution is -0.121. The summed E-state index contributed by atoms with van der Waals surface area (Å²) in [5.74, 6) is -0.727. The van der Waals surface area contributed by atoms with Crippen LogP contribution in [0.2, 0.25) is 0 Å². The average molecular weight is 485 g/mol. The molecule has 0 spiro atoms. The maximum absolute atomic E-state index is 13.7. The van der Waals surface area contributed by atoms with Crippen LogP contribution in [0.15, 0.2) is 91.4 Å². The molecule has 1 N–H and O–H groups in total. The number of nitrogens with zero attached hydrogens (tertiary/aromatic N) is 3.